The van der Waals surface area contributed by atoms with Gasteiger partial charge in [0.05, 0.1) is 4.90 Å². The van der Waals surface area contributed by atoms with Crippen LogP contribution in [0.2, 0.25) is 0 Å². The van der Waals surface area contributed by atoms with E-state index in [1.165, 1.54) is 6.07 Å². The summed E-state index contributed by atoms with van der Waals surface area (Å²) in [7, 11) is -3.80. The zero-order valence-corrected chi connectivity index (χ0v) is 17.6. The molecule has 1 saturated carbocycles. The smallest absolute Gasteiger partial charge is 0.262 e. The predicted octanol–water partition coefficient (Wildman–Crippen LogP) is 2.99. The van der Waals surface area contributed by atoms with Crippen LogP contribution in [0.5, 0.6) is 0 Å². The molecule has 1 atom stereocenters. The third kappa shape index (κ3) is 5.47. The van der Waals surface area contributed by atoms with Gasteiger partial charge in [0, 0.05) is 23.8 Å². The molecule has 1 fully saturated rings. The minimum atomic E-state index is -3.80. The summed E-state index contributed by atoms with van der Waals surface area (Å²) < 4.78 is 28.1. The molecule has 152 valence electrons. The van der Waals surface area contributed by atoms with Crippen LogP contribution in [0.3, 0.4) is 0 Å². The van der Waals surface area contributed by atoms with Gasteiger partial charge in [-0.05, 0) is 62.4 Å². The lowest BCUT2D eigenvalue weighted by atomic mass is 10.1. The normalized spacial score (nSPS) is 14.7. The maximum absolute atomic E-state index is 12.8. The molecule has 3 rings (SSSR count). The first-order chi connectivity index (χ1) is 12.8. The van der Waals surface area contributed by atoms with E-state index in [1.807, 2.05) is 19.1 Å². The number of hydrogen-bond donors (Lipinski definition) is 3. The van der Waals surface area contributed by atoms with Crippen molar-refractivity contribution in [2.24, 2.45) is 11.7 Å². The summed E-state index contributed by atoms with van der Waals surface area (Å²) in [6.45, 7) is 4.02. The average Bonchev–Trinajstić information content (AvgIpc) is 3.46. The van der Waals surface area contributed by atoms with Crippen molar-refractivity contribution < 1.29 is 13.2 Å². The van der Waals surface area contributed by atoms with E-state index in [1.54, 1.807) is 31.2 Å². The Morgan fingerprint density at radius 1 is 1.14 bits per heavy atom. The molecule has 1 amide bonds. The van der Waals surface area contributed by atoms with Gasteiger partial charge in [0.2, 0.25) is 0 Å². The molecule has 1 unspecified atom stereocenters. The van der Waals surface area contributed by atoms with Crippen molar-refractivity contribution in [2.75, 3.05) is 11.3 Å². The van der Waals surface area contributed by atoms with Gasteiger partial charge in [0.15, 0.2) is 0 Å². The number of anilines is 1. The molecule has 1 aliphatic carbocycles. The Morgan fingerprint density at radius 3 is 2.39 bits per heavy atom. The fraction of sp³-hybridized carbons (Fsp3) is 0.350. The molecule has 0 aliphatic heterocycles. The van der Waals surface area contributed by atoms with Crippen LogP contribution in [0, 0.1) is 19.8 Å². The highest BCUT2D eigenvalue weighted by atomic mass is 35.5. The van der Waals surface area contributed by atoms with Crippen molar-refractivity contribution in [2.45, 2.75) is 37.6 Å². The second-order valence-electron chi connectivity index (χ2n) is 7.16. The number of carbonyl (C=O) groups excluding carboxylic acids is 1. The molecular formula is C20H26ClN3O3S. The Balaban J connectivity index is 0.00000280. The van der Waals surface area contributed by atoms with Gasteiger partial charge in [-0.15, -0.1) is 12.4 Å². The van der Waals surface area contributed by atoms with Gasteiger partial charge >= 0.3 is 0 Å². The molecule has 0 bridgehead atoms. The molecule has 28 heavy (non-hydrogen) atoms. The lowest BCUT2D eigenvalue weighted by Crippen LogP contribution is -2.38. The van der Waals surface area contributed by atoms with E-state index in [9.17, 15) is 13.2 Å². The quantitative estimate of drug-likeness (QED) is 0.637. The Kier molecular flexibility index (Phi) is 7.09. The van der Waals surface area contributed by atoms with E-state index >= 15 is 0 Å². The fourth-order valence-electron chi connectivity index (χ4n) is 2.87. The van der Waals surface area contributed by atoms with Crippen LogP contribution in [0.1, 0.15) is 34.3 Å². The molecule has 0 spiro atoms. The monoisotopic (exact) mass is 423 g/mol. The molecular weight excluding hydrogens is 398 g/mol. The number of rotatable bonds is 7. The average molecular weight is 424 g/mol. The van der Waals surface area contributed by atoms with Crippen LogP contribution in [0.4, 0.5) is 5.69 Å². The zero-order valence-electron chi connectivity index (χ0n) is 15.9. The summed E-state index contributed by atoms with van der Waals surface area (Å²) in [6.07, 6.45) is 2.21. The first-order valence-electron chi connectivity index (χ1n) is 9.00. The number of halogens is 1. The standard InChI is InChI=1S/C20H25N3O3S.ClH/c1-13-3-9-17(10-4-13)23-27(25,26)19-11-16(6-5-14(19)2)20(24)22-12-18(21)15-7-8-15;/h3-6,9-11,15,18,23H,7-8,12,21H2,1-2H3,(H,22,24);1H. The van der Waals surface area contributed by atoms with Crippen molar-refractivity contribution in [3.05, 3.63) is 59.2 Å². The SMILES string of the molecule is Cc1ccc(NS(=O)(=O)c2cc(C(=O)NCC(N)C3CC3)ccc2C)cc1.Cl. The van der Waals surface area contributed by atoms with Gasteiger partial charge < -0.3 is 11.1 Å². The van der Waals surface area contributed by atoms with Crippen LogP contribution in [-0.2, 0) is 10.0 Å². The van der Waals surface area contributed by atoms with Crippen LogP contribution < -0.4 is 15.8 Å². The Bertz CT molecular complexity index is 942. The minimum Gasteiger partial charge on any atom is -0.350 e. The number of amides is 1. The second-order valence-corrected chi connectivity index (χ2v) is 8.81. The molecule has 0 heterocycles. The molecule has 4 N–H and O–H groups in total. The summed E-state index contributed by atoms with van der Waals surface area (Å²) >= 11 is 0. The van der Waals surface area contributed by atoms with Crippen molar-refractivity contribution in [3.63, 3.8) is 0 Å². The molecule has 0 radical (unpaired) electrons. The van der Waals surface area contributed by atoms with Gasteiger partial charge in [0.25, 0.3) is 15.9 Å². The lowest BCUT2D eigenvalue weighted by molar-refractivity contribution is 0.0950. The fourth-order valence-corrected chi connectivity index (χ4v) is 4.20. The highest BCUT2D eigenvalue weighted by Crippen LogP contribution is 2.31. The minimum absolute atomic E-state index is 0. The van der Waals surface area contributed by atoms with Gasteiger partial charge in [-0.3, -0.25) is 9.52 Å². The van der Waals surface area contributed by atoms with E-state index in [4.69, 9.17) is 5.73 Å². The van der Waals surface area contributed by atoms with Crippen molar-refractivity contribution >= 4 is 34.0 Å². The van der Waals surface area contributed by atoms with Crippen molar-refractivity contribution in [1.82, 2.24) is 5.32 Å². The van der Waals surface area contributed by atoms with E-state index < -0.39 is 10.0 Å². The summed E-state index contributed by atoms with van der Waals surface area (Å²) in [6, 6.07) is 11.7. The number of nitrogens with two attached hydrogens (primary N) is 1. The van der Waals surface area contributed by atoms with Crippen molar-refractivity contribution in [3.8, 4) is 0 Å². The van der Waals surface area contributed by atoms with Gasteiger partial charge in [-0.25, -0.2) is 8.42 Å². The molecule has 6 nitrogen and oxygen atoms in total. The van der Waals surface area contributed by atoms with Gasteiger partial charge in [-0.1, -0.05) is 23.8 Å². The van der Waals surface area contributed by atoms with Crippen LogP contribution >= 0.6 is 12.4 Å². The maximum Gasteiger partial charge on any atom is 0.262 e. The molecule has 2 aromatic rings. The van der Waals surface area contributed by atoms with Crippen LogP contribution in [0.15, 0.2) is 47.4 Å². The number of carbonyl (C=O) groups is 1. The van der Waals surface area contributed by atoms with E-state index in [0.29, 0.717) is 29.3 Å². The first-order valence-corrected chi connectivity index (χ1v) is 10.5. The summed E-state index contributed by atoms with van der Waals surface area (Å²) in [4.78, 5) is 12.5. The first kappa shape index (κ1) is 22.2. The third-order valence-electron chi connectivity index (χ3n) is 4.77. The maximum atomic E-state index is 12.8. The largest absolute Gasteiger partial charge is 0.350 e. The zero-order chi connectivity index (χ0) is 19.6. The topological polar surface area (TPSA) is 101 Å². The number of hydrogen-bond acceptors (Lipinski definition) is 4. The van der Waals surface area contributed by atoms with Gasteiger partial charge in [-0.2, -0.15) is 0 Å². The van der Waals surface area contributed by atoms with E-state index in [2.05, 4.69) is 10.0 Å². The molecule has 0 aromatic heterocycles. The second kappa shape index (κ2) is 8.94. The number of nitrogens with one attached hydrogen (secondary N) is 2. The molecule has 2 aromatic carbocycles. The van der Waals surface area contributed by atoms with Crippen molar-refractivity contribution in [1.29, 1.82) is 0 Å². The van der Waals surface area contributed by atoms with E-state index in [0.717, 1.165) is 18.4 Å². The van der Waals surface area contributed by atoms with E-state index in [-0.39, 0.29) is 29.3 Å². The Hall–Kier alpha value is -2.09. The van der Waals surface area contributed by atoms with Gasteiger partial charge in [0.1, 0.15) is 0 Å². The number of benzene rings is 2. The van der Waals surface area contributed by atoms with Crippen LogP contribution in [0.25, 0.3) is 0 Å². The summed E-state index contributed by atoms with van der Waals surface area (Å²) in [5.41, 5.74) is 8.39. The highest BCUT2D eigenvalue weighted by Gasteiger charge is 2.28. The molecule has 8 heteroatoms. The predicted molar refractivity (Wildman–Crippen MR) is 113 cm³/mol. The lowest BCUT2D eigenvalue weighted by Gasteiger charge is -2.14. The highest BCUT2D eigenvalue weighted by molar-refractivity contribution is 7.92. The summed E-state index contributed by atoms with van der Waals surface area (Å²) in [5, 5.41) is 2.79. The third-order valence-corrected chi connectivity index (χ3v) is 6.29. The summed E-state index contributed by atoms with van der Waals surface area (Å²) in [5.74, 6) is 0.163. The Labute approximate surface area is 172 Å². The number of sulfonamides is 1. The molecule has 0 saturated heterocycles. The Morgan fingerprint density at radius 2 is 1.79 bits per heavy atom. The van der Waals surface area contributed by atoms with Crippen LogP contribution in [-0.4, -0.2) is 26.9 Å². The molecule has 1 aliphatic rings. The number of aryl methyl sites for hydroxylation is 2.